The summed E-state index contributed by atoms with van der Waals surface area (Å²) in [6.07, 6.45) is 1.72. The number of rotatable bonds is 7. The average Bonchev–Trinajstić information content (AvgIpc) is 3.20. The van der Waals surface area contributed by atoms with E-state index in [1.54, 1.807) is 18.5 Å². The number of nitrogens with zero attached hydrogens (tertiary/aromatic N) is 4. The van der Waals surface area contributed by atoms with Gasteiger partial charge in [0.25, 0.3) is 5.56 Å². The van der Waals surface area contributed by atoms with Crippen LogP contribution in [0.5, 0.6) is 11.6 Å². The zero-order chi connectivity index (χ0) is 24.5. The van der Waals surface area contributed by atoms with Crippen LogP contribution in [0.2, 0.25) is 0 Å². The number of pyridine rings is 2. The zero-order valence-electron chi connectivity index (χ0n) is 18.9. The van der Waals surface area contributed by atoms with Crippen LogP contribution in [0.25, 0.3) is 27.8 Å². The predicted molar refractivity (Wildman–Crippen MR) is 129 cm³/mol. The van der Waals surface area contributed by atoms with Crippen LogP contribution in [0.1, 0.15) is 6.92 Å². The fraction of sp³-hybridized carbons (Fsp3) is 0.160. The van der Waals surface area contributed by atoms with Gasteiger partial charge in [-0.2, -0.15) is 13.8 Å². The highest BCUT2D eigenvalue weighted by Crippen LogP contribution is 2.26. The Bertz CT molecular complexity index is 1580. The van der Waals surface area contributed by atoms with E-state index in [-0.39, 0.29) is 11.3 Å². The van der Waals surface area contributed by atoms with Gasteiger partial charge in [-0.25, -0.2) is 4.98 Å². The van der Waals surface area contributed by atoms with E-state index >= 15 is 0 Å². The van der Waals surface area contributed by atoms with E-state index in [4.69, 9.17) is 4.74 Å². The number of hydrogen-bond acceptors (Lipinski definition) is 6. The molecule has 0 saturated carbocycles. The Morgan fingerprint density at radius 2 is 1.86 bits per heavy atom. The van der Waals surface area contributed by atoms with Gasteiger partial charge in [-0.3, -0.25) is 9.36 Å². The number of imidazole rings is 1. The van der Waals surface area contributed by atoms with Gasteiger partial charge in [-0.05, 0) is 61.5 Å². The van der Waals surface area contributed by atoms with Gasteiger partial charge >= 0.3 is 6.61 Å². The van der Waals surface area contributed by atoms with Crippen molar-refractivity contribution in [3.8, 4) is 17.3 Å². The van der Waals surface area contributed by atoms with E-state index in [0.717, 1.165) is 11.0 Å². The first kappa shape index (κ1) is 22.3. The van der Waals surface area contributed by atoms with Crippen molar-refractivity contribution in [3.63, 3.8) is 0 Å². The van der Waals surface area contributed by atoms with Gasteiger partial charge in [0, 0.05) is 24.2 Å². The van der Waals surface area contributed by atoms with Gasteiger partial charge in [-0.15, -0.1) is 0 Å². The molecule has 5 aromatic rings. The highest BCUT2D eigenvalue weighted by molar-refractivity contribution is 5.84. The molecule has 1 N–H and O–H groups in total. The van der Waals surface area contributed by atoms with Crippen LogP contribution >= 0.6 is 0 Å². The molecular formula is C25H21F2N5O3. The Morgan fingerprint density at radius 1 is 1.06 bits per heavy atom. The summed E-state index contributed by atoms with van der Waals surface area (Å²) in [6.45, 7) is -0.687. The monoisotopic (exact) mass is 477 g/mol. The lowest BCUT2D eigenvalue weighted by molar-refractivity contribution is -0.0498. The van der Waals surface area contributed by atoms with Gasteiger partial charge in [0.05, 0.1) is 29.7 Å². The molecule has 178 valence electrons. The van der Waals surface area contributed by atoms with Crippen molar-refractivity contribution in [3.05, 3.63) is 77.3 Å². The lowest BCUT2D eigenvalue weighted by atomic mass is 10.2. The second-order valence-corrected chi connectivity index (χ2v) is 7.75. The summed E-state index contributed by atoms with van der Waals surface area (Å²) in [4.78, 5) is 22.5. The second kappa shape index (κ2) is 9.05. The first-order valence-electron chi connectivity index (χ1n) is 10.9. The number of halogens is 2. The maximum atomic E-state index is 13.6. The highest BCUT2D eigenvalue weighted by atomic mass is 19.3. The molecule has 0 radical (unpaired) electrons. The SMILES string of the molecule is CCOc1ccc2cc(Nc3ccc4c(c3)ncn4C)c(=O)n(-c3ccc(OC(F)F)cc3)c2n1. The number of aromatic nitrogens is 4. The molecule has 2 aromatic carbocycles. The number of aryl methyl sites for hydroxylation is 1. The number of fused-ring (bicyclic) bond motifs is 2. The molecule has 35 heavy (non-hydrogen) atoms. The third-order valence-corrected chi connectivity index (χ3v) is 5.44. The molecule has 0 spiro atoms. The van der Waals surface area contributed by atoms with Gasteiger partial charge < -0.3 is 19.4 Å². The summed E-state index contributed by atoms with van der Waals surface area (Å²) in [7, 11) is 1.91. The molecule has 8 nitrogen and oxygen atoms in total. The molecule has 3 aromatic heterocycles. The van der Waals surface area contributed by atoms with E-state index in [2.05, 4.69) is 20.0 Å². The molecule has 0 aliphatic carbocycles. The molecule has 3 heterocycles. The summed E-state index contributed by atoms with van der Waals surface area (Å²) < 4.78 is 38.4. The minimum absolute atomic E-state index is 0.0120. The third kappa shape index (κ3) is 4.37. The predicted octanol–water partition coefficient (Wildman–Crippen LogP) is 5.02. The summed E-state index contributed by atoms with van der Waals surface area (Å²) in [5, 5.41) is 3.87. The van der Waals surface area contributed by atoms with E-state index in [1.165, 1.54) is 28.8 Å². The molecule has 0 bridgehead atoms. The largest absolute Gasteiger partial charge is 0.478 e. The van der Waals surface area contributed by atoms with E-state index < -0.39 is 6.61 Å². The molecule has 5 rings (SSSR count). The smallest absolute Gasteiger partial charge is 0.387 e. The first-order valence-corrected chi connectivity index (χ1v) is 10.9. The number of nitrogens with one attached hydrogen (secondary N) is 1. The second-order valence-electron chi connectivity index (χ2n) is 7.75. The molecule has 0 aliphatic heterocycles. The van der Waals surface area contributed by atoms with Crippen LogP contribution in [-0.4, -0.2) is 32.3 Å². The standard InChI is InChI=1S/C25H21F2N5O3/c1-3-34-22-11-4-15-12-20(29-16-5-10-21-19(13-16)28-14-31(21)2)24(33)32(23(15)30-22)17-6-8-18(9-7-17)35-25(26)27/h4-14,25,29H,3H2,1-2H3. The first-order chi connectivity index (χ1) is 16.9. The number of alkyl halides is 2. The van der Waals surface area contributed by atoms with Crippen molar-refractivity contribution in [1.82, 2.24) is 19.1 Å². The van der Waals surface area contributed by atoms with Crippen molar-refractivity contribution < 1.29 is 18.3 Å². The van der Waals surface area contributed by atoms with Crippen molar-refractivity contribution in [2.45, 2.75) is 13.5 Å². The van der Waals surface area contributed by atoms with Gasteiger partial charge in [-0.1, -0.05) is 0 Å². The molecule has 0 amide bonds. The zero-order valence-corrected chi connectivity index (χ0v) is 18.9. The molecule has 0 aliphatic rings. The van der Waals surface area contributed by atoms with E-state index in [0.29, 0.717) is 40.6 Å². The van der Waals surface area contributed by atoms with Crippen molar-refractivity contribution in [2.24, 2.45) is 7.05 Å². The quantitative estimate of drug-likeness (QED) is 0.355. The molecule has 0 saturated heterocycles. The van der Waals surface area contributed by atoms with Crippen LogP contribution in [0, 0.1) is 0 Å². The van der Waals surface area contributed by atoms with E-state index in [9.17, 15) is 13.6 Å². The summed E-state index contributed by atoms with van der Waals surface area (Å²) in [6, 6.07) is 16.7. The van der Waals surface area contributed by atoms with Crippen LogP contribution in [-0.2, 0) is 7.05 Å². The normalized spacial score (nSPS) is 11.3. The molecule has 10 heteroatoms. The molecule has 0 unspecified atom stereocenters. The molecule has 0 fully saturated rings. The van der Waals surface area contributed by atoms with Crippen molar-refractivity contribution in [1.29, 1.82) is 0 Å². The van der Waals surface area contributed by atoms with Gasteiger partial charge in [0.1, 0.15) is 11.4 Å². The maximum Gasteiger partial charge on any atom is 0.387 e. The van der Waals surface area contributed by atoms with E-state index in [1.807, 2.05) is 42.8 Å². The number of benzene rings is 2. The van der Waals surface area contributed by atoms with Gasteiger partial charge in [0.2, 0.25) is 5.88 Å². The number of hydrogen-bond donors (Lipinski definition) is 1. The number of ether oxygens (including phenoxy) is 2. The summed E-state index contributed by atoms with van der Waals surface area (Å²) in [5.41, 5.74) is 3.19. The molecular weight excluding hydrogens is 456 g/mol. The van der Waals surface area contributed by atoms with Crippen LogP contribution in [0.4, 0.5) is 20.2 Å². The Hall–Kier alpha value is -4.47. The lowest BCUT2D eigenvalue weighted by Gasteiger charge is -2.15. The fourth-order valence-electron chi connectivity index (χ4n) is 3.87. The Labute approximate surface area is 198 Å². The van der Waals surface area contributed by atoms with Gasteiger partial charge in [0.15, 0.2) is 5.65 Å². The van der Waals surface area contributed by atoms with Crippen LogP contribution < -0.4 is 20.3 Å². The molecule has 0 atom stereocenters. The number of anilines is 2. The van der Waals surface area contributed by atoms with Crippen LogP contribution in [0.3, 0.4) is 0 Å². The fourth-order valence-corrected chi connectivity index (χ4v) is 3.87. The Kier molecular flexibility index (Phi) is 5.77. The topological polar surface area (TPSA) is 83.2 Å². The van der Waals surface area contributed by atoms with Crippen LogP contribution in [0.15, 0.2) is 71.8 Å². The minimum Gasteiger partial charge on any atom is -0.478 e. The maximum absolute atomic E-state index is 13.6. The lowest BCUT2D eigenvalue weighted by Crippen LogP contribution is -2.22. The highest BCUT2D eigenvalue weighted by Gasteiger charge is 2.15. The minimum atomic E-state index is -2.94. The van der Waals surface area contributed by atoms with Crippen molar-refractivity contribution in [2.75, 3.05) is 11.9 Å². The average molecular weight is 477 g/mol. The summed E-state index contributed by atoms with van der Waals surface area (Å²) >= 11 is 0. The Balaban J connectivity index is 1.64. The Morgan fingerprint density at radius 3 is 2.60 bits per heavy atom. The summed E-state index contributed by atoms with van der Waals surface area (Å²) in [5.74, 6) is 0.356. The van der Waals surface area contributed by atoms with Crippen molar-refractivity contribution >= 4 is 33.4 Å². The third-order valence-electron chi connectivity index (χ3n) is 5.44.